The van der Waals surface area contributed by atoms with Crippen molar-refractivity contribution in [3.63, 3.8) is 0 Å². The first-order valence-electron chi connectivity index (χ1n) is 6.53. The Morgan fingerprint density at radius 3 is 2.71 bits per heavy atom. The minimum atomic E-state index is 0.744. The Kier molecular flexibility index (Phi) is 3.68. The quantitative estimate of drug-likeness (QED) is 0.769. The Morgan fingerprint density at radius 2 is 2.18 bits per heavy atom. The molecule has 1 saturated carbocycles. The first-order valence-corrected chi connectivity index (χ1v) is 6.53. The molecule has 1 aliphatic rings. The highest BCUT2D eigenvalue weighted by Crippen LogP contribution is 2.33. The topological polar surface area (TPSA) is 27.0 Å². The van der Waals surface area contributed by atoms with Crippen molar-refractivity contribution in [3.8, 4) is 6.07 Å². The van der Waals surface area contributed by atoms with E-state index in [0.717, 1.165) is 18.2 Å². The molecule has 0 heterocycles. The number of unbranched alkanes of at least 4 members (excludes halogenated alkanes) is 1. The van der Waals surface area contributed by atoms with Gasteiger partial charge in [0.25, 0.3) is 0 Å². The summed E-state index contributed by atoms with van der Waals surface area (Å²) in [6.07, 6.45) is 5.13. The maximum atomic E-state index is 8.89. The maximum absolute atomic E-state index is 8.89. The highest BCUT2D eigenvalue weighted by atomic mass is 15.2. The second kappa shape index (κ2) is 5.23. The molecule has 17 heavy (non-hydrogen) atoms. The Balaban J connectivity index is 2.20. The zero-order chi connectivity index (χ0) is 12.3. The van der Waals surface area contributed by atoms with E-state index >= 15 is 0 Å². The predicted molar refractivity (Wildman–Crippen MR) is 71.2 cm³/mol. The van der Waals surface area contributed by atoms with Crippen LogP contribution in [0.15, 0.2) is 18.2 Å². The van der Waals surface area contributed by atoms with Gasteiger partial charge in [0.2, 0.25) is 0 Å². The molecule has 0 amide bonds. The van der Waals surface area contributed by atoms with Gasteiger partial charge >= 0.3 is 0 Å². The highest BCUT2D eigenvalue weighted by Gasteiger charge is 2.29. The molecule has 0 aromatic heterocycles. The van der Waals surface area contributed by atoms with Crippen LogP contribution in [0.3, 0.4) is 0 Å². The fraction of sp³-hybridized carbons (Fsp3) is 0.533. The second-order valence-electron chi connectivity index (χ2n) is 4.89. The van der Waals surface area contributed by atoms with Gasteiger partial charge < -0.3 is 4.90 Å². The van der Waals surface area contributed by atoms with Crippen LogP contribution in [0.4, 0.5) is 5.69 Å². The summed E-state index contributed by atoms with van der Waals surface area (Å²) in [7, 11) is 0. The van der Waals surface area contributed by atoms with Crippen molar-refractivity contribution in [1.29, 1.82) is 5.26 Å². The van der Waals surface area contributed by atoms with E-state index in [-0.39, 0.29) is 0 Å². The van der Waals surface area contributed by atoms with Gasteiger partial charge in [0.05, 0.1) is 11.6 Å². The van der Waals surface area contributed by atoms with Crippen LogP contribution in [0.2, 0.25) is 0 Å². The molecule has 0 N–H and O–H groups in total. The van der Waals surface area contributed by atoms with Crippen LogP contribution in [0, 0.1) is 18.3 Å². The van der Waals surface area contributed by atoms with Crippen LogP contribution in [-0.2, 0) is 0 Å². The highest BCUT2D eigenvalue weighted by molar-refractivity contribution is 5.57. The Labute approximate surface area is 104 Å². The van der Waals surface area contributed by atoms with Crippen LogP contribution in [0.25, 0.3) is 0 Å². The SMILES string of the molecule is CCCCN(c1ccc(C#N)cc1C)C1CC1. The van der Waals surface area contributed by atoms with Gasteiger partial charge in [-0.05, 0) is 49.9 Å². The average Bonchev–Trinajstić information content (AvgIpc) is 3.15. The van der Waals surface area contributed by atoms with Crippen LogP contribution in [0.5, 0.6) is 0 Å². The summed E-state index contributed by atoms with van der Waals surface area (Å²) < 4.78 is 0. The van der Waals surface area contributed by atoms with Crippen molar-refractivity contribution in [2.24, 2.45) is 0 Å². The molecule has 0 bridgehead atoms. The lowest BCUT2D eigenvalue weighted by Gasteiger charge is -2.26. The van der Waals surface area contributed by atoms with Crippen molar-refractivity contribution >= 4 is 5.69 Å². The Morgan fingerprint density at radius 1 is 1.41 bits per heavy atom. The van der Waals surface area contributed by atoms with Gasteiger partial charge in [-0.25, -0.2) is 0 Å². The lowest BCUT2D eigenvalue weighted by atomic mass is 10.1. The number of aryl methyl sites for hydroxylation is 1. The van der Waals surface area contributed by atoms with E-state index in [0.29, 0.717) is 0 Å². The molecule has 1 aliphatic carbocycles. The predicted octanol–water partition coefficient (Wildman–Crippen LogP) is 3.64. The molecule has 0 atom stereocenters. The number of rotatable bonds is 5. The summed E-state index contributed by atoms with van der Waals surface area (Å²) in [4.78, 5) is 2.53. The number of hydrogen-bond donors (Lipinski definition) is 0. The Bertz CT molecular complexity index is 427. The van der Waals surface area contributed by atoms with Crippen LogP contribution >= 0.6 is 0 Å². The second-order valence-corrected chi connectivity index (χ2v) is 4.89. The molecule has 90 valence electrons. The smallest absolute Gasteiger partial charge is 0.0991 e. The molecule has 2 rings (SSSR count). The summed E-state index contributed by atoms with van der Waals surface area (Å²) in [5, 5.41) is 8.89. The van der Waals surface area contributed by atoms with Gasteiger partial charge in [-0.3, -0.25) is 0 Å². The molecule has 1 aromatic carbocycles. The fourth-order valence-corrected chi connectivity index (χ4v) is 2.26. The number of hydrogen-bond acceptors (Lipinski definition) is 2. The van der Waals surface area contributed by atoms with Gasteiger partial charge in [0.1, 0.15) is 0 Å². The first-order chi connectivity index (χ1) is 8.26. The fourth-order valence-electron chi connectivity index (χ4n) is 2.26. The van der Waals surface area contributed by atoms with E-state index in [9.17, 15) is 0 Å². The number of nitriles is 1. The molecule has 1 aromatic rings. The summed E-state index contributed by atoms with van der Waals surface area (Å²) >= 11 is 0. The molecular formula is C15H20N2. The van der Waals surface area contributed by atoms with E-state index in [1.165, 1.54) is 36.9 Å². The van der Waals surface area contributed by atoms with Crippen molar-refractivity contribution in [2.75, 3.05) is 11.4 Å². The third kappa shape index (κ3) is 2.79. The summed E-state index contributed by atoms with van der Waals surface area (Å²) in [6, 6.07) is 8.99. The van der Waals surface area contributed by atoms with E-state index in [1.807, 2.05) is 12.1 Å². The summed E-state index contributed by atoms with van der Waals surface area (Å²) in [6.45, 7) is 5.49. The largest absolute Gasteiger partial charge is 0.368 e. The van der Waals surface area contributed by atoms with Crippen molar-refractivity contribution in [3.05, 3.63) is 29.3 Å². The van der Waals surface area contributed by atoms with Crippen molar-refractivity contribution in [2.45, 2.75) is 45.6 Å². The molecule has 0 spiro atoms. The zero-order valence-electron chi connectivity index (χ0n) is 10.7. The average molecular weight is 228 g/mol. The van der Waals surface area contributed by atoms with Gasteiger partial charge in [-0.15, -0.1) is 0 Å². The molecule has 0 saturated heterocycles. The van der Waals surface area contributed by atoms with Crippen molar-refractivity contribution in [1.82, 2.24) is 0 Å². The van der Waals surface area contributed by atoms with Gasteiger partial charge in [0.15, 0.2) is 0 Å². The standard InChI is InChI=1S/C15H20N2/c1-3-4-9-17(14-6-7-14)15-8-5-13(11-16)10-12(15)2/h5,8,10,14H,3-4,6-7,9H2,1-2H3. The summed E-state index contributed by atoms with van der Waals surface area (Å²) in [5.74, 6) is 0. The van der Waals surface area contributed by atoms with E-state index in [2.05, 4.69) is 30.9 Å². The lowest BCUT2D eigenvalue weighted by Crippen LogP contribution is -2.27. The zero-order valence-corrected chi connectivity index (χ0v) is 10.7. The minimum Gasteiger partial charge on any atom is -0.368 e. The molecule has 1 fully saturated rings. The van der Waals surface area contributed by atoms with E-state index in [4.69, 9.17) is 5.26 Å². The third-order valence-corrected chi connectivity index (χ3v) is 3.38. The van der Waals surface area contributed by atoms with E-state index in [1.54, 1.807) is 0 Å². The molecular weight excluding hydrogens is 208 g/mol. The van der Waals surface area contributed by atoms with Crippen LogP contribution < -0.4 is 4.90 Å². The van der Waals surface area contributed by atoms with Gasteiger partial charge in [-0.1, -0.05) is 13.3 Å². The van der Waals surface area contributed by atoms with Gasteiger partial charge in [0, 0.05) is 18.3 Å². The molecule has 0 radical (unpaired) electrons. The van der Waals surface area contributed by atoms with Crippen molar-refractivity contribution < 1.29 is 0 Å². The number of benzene rings is 1. The van der Waals surface area contributed by atoms with Gasteiger partial charge in [-0.2, -0.15) is 5.26 Å². The van der Waals surface area contributed by atoms with E-state index < -0.39 is 0 Å². The van der Waals surface area contributed by atoms with Crippen LogP contribution in [-0.4, -0.2) is 12.6 Å². The normalized spacial score (nSPS) is 14.4. The maximum Gasteiger partial charge on any atom is 0.0991 e. The third-order valence-electron chi connectivity index (χ3n) is 3.38. The Hall–Kier alpha value is -1.49. The molecule has 0 aliphatic heterocycles. The number of nitrogens with zero attached hydrogens (tertiary/aromatic N) is 2. The number of anilines is 1. The minimum absolute atomic E-state index is 0.744. The lowest BCUT2D eigenvalue weighted by molar-refractivity contribution is 0.711. The first kappa shape index (κ1) is 12.0. The summed E-state index contributed by atoms with van der Waals surface area (Å²) in [5.41, 5.74) is 3.31. The monoisotopic (exact) mass is 228 g/mol. The molecule has 0 unspecified atom stereocenters. The molecule has 2 nitrogen and oxygen atoms in total. The molecule has 2 heteroatoms. The van der Waals surface area contributed by atoms with Crippen LogP contribution in [0.1, 0.15) is 43.7 Å².